The van der Waals surface area contributed by atoms with Crippen LogP contribution < -0.4 is 5.32 Å². The summed E-state index contributed by atoms with van der Waals surface area (Å²) in [6.45, 7) is 8.15. The first-order valence-corrected chi connectivity index (χ1v) is 6.28. The van der Waals surface area contributed by atoms with Gasteiger partial charge in [-0.05, 0) is 27.6 Å². The summed E-state index contributed by atoms with van der Waals surface area (Å²) < 4.78 is 1.02. The highest BCUT2D eigenvalue weighted by atomic mass is 79.9. The summed E-state index contributed by atoms with van der Waals surface area (Å²) in [5, 5.41) is 3.36. The topological polar surface area (TPSA) is 28.2 Å². The molecule has 0 saturated carbocycles. The Balaban J connectivity index is 2.17. The van der Waals surface area contributed by atoms with Gasteiger partial charge in [0.15, 0.2) is 0 Å². The number of pyridine rings is 1. The standard InChI is InChI=1S/C12H16BrN3/c1-2-12(16-5-3-14-4-6-16)10-7-11(13)9-15-8-10/h2,7-9,12,14H,1,3-6H2/t12-/m1/s1. The van der Waals surface area contributed by atoms with Crippen LogP contribution in [0.2, 0.25) is 0 Å². The predicted molar refractivity (Wildman–Crippen MR) is 69.3 cm³/mol. The van der Waals surface area contributed by atoms with E-state index in [9.17, 15) is 0 Å². The van der Waals surface area contributed by atoms with Gasteiger partial charge in [0.1, 0.15) is 0 Å². The first kappa shape index (κ1) is 11.8. The van der Waals surface area contributed by atoms with Crippen LogP contribution in [0.25, 0.3) is 0 Å². The second-order valence-corrected chi connectivity index (χ2v) is 4.82. The Labute approximate surface area is 105 Å². The van der Waals surface area contributed by atoms with Gasteiger partial charge in [0.25, 0.3) is 0 Å². The van der Waals surface area contributed by atoms with Crippen LogP contribution in [0.4, 0.5) is 0 Å². The maximum atomic E-state index is 4.21. The summed E-state index contributed by atoms with van der Waals surface area (Å²) in [6.07, 6.45) is 5.72. The van der Waals surface area contributed by atoms with Gasteiger partial charge in [0.05, 0.1) is 6.04 Å². The fourth-order valence-corrected chi connectivity index (χ4v) is 2.43. The molecule has 0 amide bonds. The number of halogens is 1. The maximum absolute atomic E-state index is 4.21. The van der Waals surface area contributed by atoms with Gasteiger partial charge in [0.2, 0.25) is 0 Å². The van der Waals surface area contributed by atoms with Gasteiger partial charge < -0.3 is 5.32 Å². The van der Waals surface area contributed by atoms with Crippen molar-refractivity contribution in [1.82, 2.24) is 15.2 Å². The van der Waals surface area contributed by atoms with Crippen LogP contribution in [0.1, 0.15) is 11.6 Å². The lowest BCUT2D eigenvalue weighted by Crippen LogP contribution is -2.44. The van der Waals surface area contributed by atoms with Crippen molar-refractivity contribution in [3.05, 3.63) is 41.2 Å². The molecule has 16 heavy (non-hydrogen) atoms. The van der Waals surface area contributed by atoms with Gasteiger partial charge in [-0.3, -0.25) is 9.88 Å². The summed E-state index contributed by atoms with van der Waals surface area (Å²) in [5.74, 6) is 0. The molecule has 1 N–H and O–H groups in total. The number of aromatic nitrogens is 1. The predicted octanol–water partition coefficient (Wildman–Crippen LogP) is 1.98. The van der Waals surface area contributed by atoms with Gasteiger partial charge in [-0.25, -0.2) is 0 Å². The van der Waals surface area contributed by atoms with E-state index >= 15 is 0 Å². The molecule has 1 saturated heterocycles. The Morgan fingerprint density at radius 3 is 2.81 bits per heavy atom. The van der Waals surface area contributed by atoms with Crippen LogP contribution in [0.15, 0.2) is 35.6 Å². The minimum absolute atomic E-state index is 0.270. The van der Waals surface area contributed by atoms with Crippen LogP contribution in [-0.2, 0) is 0 Å². The van der Waals surface area contributed by atoms with E-state index in [-0.39, 0.29) is 6.04 Å². The number of piperazine rings is 1. The molecule has 1 fully saturated rings. The van der Waals surface area contributed by atoms with Crippen LogP contribution in [-0.4, -0.2) is 36.1 Å². The minimum atomic E-state index is 0.270. The molecular formula is C12H16BrN3. The molecule has 1 aliphatic heterocycles. The van der Waals surface area contributed by atoms with Gasteiger partial charge in [0, 0.05) is 43.0 Å². The molecule has 0 spiro atoms. The SMILES string of the molecule is C=C[C@H](c1cncc(Br)c1)N1CCNCC1. The lowest BCUT2D eigenvalue weighted by Gasteiger charge is -2.33. The first-order chi connectivity index (χ1) is 7.81. The normalized spacial score (nSPS) is 19.3. The van der Waals surface area contributed by atoms with E-state index in [1.165, 1.54) is 5.56 Å². The quantitative estimate of drug-likeness (QED) is 0.859. The molecule has 4 heteroatoms. The summed E-state index contributed by atoms with van der Waals surface area (Å²) in [5.41, 5.74) is 1.20. The molecule has 1 aliphatic rings. The number of rotatable bonds is 3. The molecule has 0 aromatic carbocycles. The Bertz CT molecular complexity index is 361. The van der Waals surface area contributed by atoms with Crippen molar-refractivity contribution in [3.63, 3.8) is 0 Å². The molecule has 0 bridgehead atoms. The Morgan fingerprint density at radius 1 is 1.44 bits per heavy atom. The number of hydrogen-bond acceptors (Lipinski definition) is 3. The lowest BCUT2D eigenvalue weighted by atomic mass is 10.1. The average Bonchev–Trinajstić information content (AvgIpc) is 2.31. The maximum Gasteiger partial charge on any atom is 0.0545 e. The Kier molecular flexibility index (Phi) is 4.09. The van der Waals surface area contributed by atoms with Gasteiger partial charge in [-0.2, -0.15) is 0 Å². The van der Waals surface area contributed by atoms with Crippen molar-refractivity contribution in [3.8, 4) is 0 Å². The van der Waals surface area contributed by atoms with E-state index in [1.807, 2.05) is 12.3 Å². The monoisotopic (exact) mass is 281 g/mol. The Hall–Kier alpha value is -0.710. The van der Waals surface area contributed by atoms with Crippen molar-refractivity contribution >= 4 is 15.9 Å². The Morgan fingerprint density at radius 2 is 2.19 bits per heavy atom. The molecule has 1 atom stereocenters. The second kappa shape index (κ2) is 5.57. The van der Waals surface area contributed by atoms with E-state index in [4.69, 9.17) is 0 Å². The summed E-state index contributed by atoms with van der Waals surface area (Å²) in [6, 6.07) is 2.38. The van der Waals surface area contributed by atoms with Crippen molar-refractivity contribution in [2.75, 3.05) is 26.2 Å². The van der Waals surface area contributed by atoms with Gasteiger partial charge in [-0.1, -0.05) is 6.08 Å². The van der Waals surface area contributed by atoms with Crippen molar-refractivity contribution in [2.45, 2.75) is 6.04 Å². The van der Waals surface area contributed by atoms with E-state index in [1.54, 1.807) is 6.20 Å². The zero-order valence-corrected chi connectivity index (χ0v) is 10.8. The highest BCUT2D eigenvalue weighted by Gasteiger charge is 2.19. The minimum Gasteiger partial charge on any atom is -0.314 e. The third-order valence-electron chi connectivity index (χ3n) is 2.84. The lowest BCUT2D eigenvalue weighted by molar-refractivity contribution is 0.203. The zero-order valence-electron chi connectivity index (χ0n) is 9.19. The first-order valence-electron chi connectivity index (χ1n) is 5.49. The largest absolute Gasteiger partial charge is 0.314 e. The molecule has 2 heterocycles. The number of nitrogens with one attached hydrogen (secondary N) is 1. The number of nitrogens with zero attached hydrogens (tertiary/aromatic N) is 2. The molecule has 1 aromatic heterocycles. The van der Waals surface area contributed by atoms with E-state index in [0.717, 1.165) is 30.7 Å². The molecule has 0 aliphatic carbocycles. The highest BCUT2D eigenvalue weighted by molar-refractivity contribution is 9.10. The number of hydrogen-bond donors (Lipinski definition) is 1. The summed E-state index contributed by atoms with van der Waals surface area (Å²) >= 11 is 3.46. The smallest absolute Gasteiger partial charge is 0.0545 e. The molecule has 0 radical (unpaired) electrons. The van der Waals surface area contributed by atoms with Crippen molar-refractivity contribution in [1.29, 1.82) is 0 Å². The van der Waals surface area contributed by atoms with Crippen LogP contribution in [0, 0.1) is 0 Å². The zero-order chi connectivity index (χ0) is 11.4. The summed E-state index contributed by atoms with van der Waals surface area (Å²) in [7, 11) is 0. The van der Waals surface area contributed by atoms with Crippen LogP contribution in [0.5, 0.6) is 0 Å². The van der Waals surface area contributed by atoms with E-state index < -0.39 is 0 Å². The van der Waals surface area contributed by atoms with Gasteiger partial charge >= 0.3 is 0 Å². The van der Waals surface area contributed by atoms with Crippen molar-refractivity contribution < 1.29 is 0 Å². The van der Waals surface area contributed by atoms with Crippen molar-refractivity contribution in [2.24, 2.45) is 0 Å². The molecule has 1 aromatic rings. The van der Waals surface area contributed by atoms with Crippen LogP contribution >= 0.6 is 15.9 Å². The van der Waals surface area contributed by atoms with E-state index in [2.05, 4.69) is 43.8 Å². The third-order valence-corrected chi connectivity index (χ3v) is 3.27. The van der Waals surface area contributed by atoms with E-state index in [0.29, 0.717) is 0 Å². The summed E-state index contributed by atoms with van der Waals surface area (Å²) in [4.78, 5) is 6.63. The van der Waals surface area contributed by atoms with Gasteiger partial charge in [-0.15, -0.1) is 6.58 Å². The molecule has 0 unspecified atom stereocenters. The second-order valence-electron chi connectivity index (χ2n) is 3.90. The van der Waals surface area contributed by atoms with Crippen LogP contribution in [0.3, 0.4) is 0 Å². The highest BCUT2D eigenvalue weighted by Crippen LogP contribution is 2.23. The molecule has 86 valence electrons. The third kappa shape index (κ3) is 2.70. The molecule has 3 nitrogen and oxygen atoms in total. The molecular weight excluding hydrogens is 266 g/mol. The fourth-order valence-electron chi connectivity index (χ4n) is 2.05. The average molecular weight is 282 g/mol. The molecule has 2 rings (SSSR count). The fraction of sp³-hybridized carbons (Fsp3) is 0.417.